The third kappa shape index (κ3) is 6.62. The predicted octanol–water partition coefficient (Wildman–Crippen LogP) is 15.6. The Labute approximate surface area is 367 Å². The lowest BCUT2D eigenvalue weighted by Crippen LogP contribution is -2.20. The van der Waals surface area contributed by atoms with Gasteiger partial charge in [0.05, 0.1) is 39.5 Å². The first-order valence-electron chi connectivity index (χ1n) is 21.7. The van der Waals surface area contributed by atoms with Gasteiger partial charge in [0.2, 0.25) is 0 Å². The summed E-state index contributed by atoms with van der Waals surface area (Å²) in [6.07, 6.45) is 19.1. The minimum absolute atomic E-state index is 0.898. The quantitative estimate of drug-likeness (QED) is 0.129. The van der Waals surface area contributed by atoms with E-state index < -0.39 is 0 Å². The molecule has 0 saturated heterocycles. The summed E-state index contributed by atoms with van der Waals surface area (Å²) in [6.45, 7) is 6.61. The Bertz CT molecular complexity index is 3440. The molecule has 5 nitrogen and oxygen atoms in total. The van der Waals surface area contributed by atoms with Crippen molar-refractivity contribution in [2.75, 3.05) is 9.80 Å². The largest absolute Gasteiger partial charge is 0.311 e. The van der Waals surface area contributed by atoms with Gasteiger partial charge in [-0.2, -0.15) is 0 Å². The normalized spacial score (nSPS) is 13.0. The number of rotatable bonds is 10. The minimum Gasteiger partial charge on any atom is -0.311 e. The van der Waals surface area contributed by atoms with E-state index in [4.69, 9.17) is 4.98 Å². The van der Waals surface area contributed by atoms with Gasteiger partial charge in [0, 0.05) is 66.8 Å². The number of aromatic nitrogens is 3. The van der Waals surface area contributed by atoms with Crippen LogP contribution in [0, 0.1) is 0 Å². The molecule has 0 radical (unpaired) electrons. The van der Waals surface area contributed by atoms with Crippen molar-refractivity contribution in [3.8, 4) is 11.4 Å². The first-order chi connectivity index (χ1) is 31.2. The Morgan fingerprint density at radius 2 is 1.17 bits per heavy atom. The van der Waals surface area contributed by atoms with E-state index in [0.29, 0.717) is 0 Å². The van der Waals surface area contributed by atoms with Gasteiger partial charge in [-0.3, -0.25) is 4.98 Å². The molecule has 0 N–H and O–H groups in total. The Morgan fingerprint density at radius 1 is 0.571 bits per heavy atom. The van der Waals surface area contributed by atoms with Gasteiger partial charge in [-0.05, 0) is 117 Å². The standard InChI is InChI=1S/C58H45N5/c1-3-4-9-20-41(2)60(43-22-10-5-11-23-43)47-31-35-56-52(38-47)51-34-33-50-53-39-48(61(44-24-12-6-13-25-44)45-26-14-7-15-27-45)32-36-55(53)62(46-28-16-8-17-29-46)57(50)58(51)63(56)49-37-42-21-18-19-30-54(42)59-40-49/h3-4,6-10,12-40H,2,5,11H2,1H3/b4-3-,20-9-. The highest BCUT2D eigenvalue weighted by Crippen LogP contribution is 2.45. The van der Waals surface area contributed by atoms with Crippen LogP contribution in [0.2, 0.25) is 0 Å². The average Bonchev–Trinajstić information content (AvgIpc) is 3.85. The molecule has 0 spiro atoms. The molecule has 1 aliphatic carbocycles. The van der Waals surface area contributed by atoms with Crippen LogP contribution in [0.15, 0.2) is 237 Å². The number of pyridine rings is 1. The summed E-state index contributed by atoms with van der Waals surface area (Å²) < 4.78 is 4.88. The van der Waals surface area contributed by atoms with E-state index >= 15 is 0 Å². The summed E-state index contributed by atoms with van der Waals surface area (Å²) in [7, 11) is 0. The van der Waals surface area contributed by atoms with E-state index in [-0.39, 0.29) is 0 Å². The van der Waals surface area contributed by atoms with Crippen LogP contribution >= 0.6 is 0 Å². The molecule has 0 bridgehead atoms. The lowest BCUT2D eigenvalue weighted by Gasteiger charge is -2.28. The molecule has 0 atom stereocenters. The summed E-state index contributed by atoms with van der Waals surface area (Å²) >= 11 is 0. The molecule has 10 aromatic rings. The number of anilines is 4. The van der Waals surface area contributed by atoms with Crippen molar-refractivity contribution >= 4 is 77.3 Å². The summed E-state index contributed by atoms with van der Waals surface area (Å²) in [4.78, 5) is 9.65. The van der Waals surface area contributed by atoms with E-state index in [0.717, 1.165) is 102 Å². The first-order valence-corrected chi connectivity index (χ1v) is 21.7. The van der Waals surface area contributed by atoms with Crippen molar-refractivity contribution in [2.45, 2.75) is 19.8 Å². The van der Waals surface area contributed by atoms with Crippen molar-refractivity contribution in [2.24, 2.45) is 0 Å². The molecule has 5 heteroatoms. The number of benzene rings is 7. The molecular formula is C58H45N5. The summed E-state index contributed by atoms with van der Waals surface area (Å²) in [5.41, 5.74) is 13.9. The molecule has 11 rings (SSSR count). The van der Waals surface area contributed by atoms with Crippen molar-refractivity contribution in [1.82, 2.24) is 14.1 Å². The molecule has 0 aliphatic heterocycles. The monoisotopic (exact) mass is 811 g/mol. The molecule has 0 fully saturated rings. The fraction of sp³-hybridized carbons (Fsp3) is 0.0517. The molecule has 63 heavy (non-hydrogen) atoms. The van der Waals surface area contributed by atoms with Crippen molar-refractivity contribution in [1.29, 1.82) is 0 Å². The maximum atomic E-state index is 5.03. The van der Waals surface area contributed by atoms with E-state index in [1.54, 1.807) is 0 Å². The molecule has 1 aliphatic rings. The Hall–Kier alpha value is -8.15. The lowest BCUT2D eigenvalue weighted by molar-refractivity contribution is 0.988. The van der Waals surface area contributed by atoms with Crippen molar-refractivity contribution in [3.63, 3.8) is 0 Å². The molecule has 302 valence electrons. The van der Waals surface area contributed by atoms with Gasteiger partial charge in [-0.15, -0.1) is 0 Å². The number of allylic oxidation sites excluding steroid dienone is 7. The topological polar surface area (TPSA) is 29.2 Å². The number of nitrogens with zero attached hydrogens (tertiary/aromatic N) is 5. The third-order valence-corrected chi connectivity index (χ3v) is 12.1. The van der Waals surface area contributed by atoms with Crippen molar-refractivity contribution in [3.05, 3.63) is 237 Å². The van der Waals surface area contributed by atoms with Crippen LogP contribution in [-0.2, 0) is 0 Å². The Kier molecular flexibility index (Phi) is 9.63. The smallest absolute Gasteiger partial charge is 0.0789 e. The first kappa shape index (κ1) is 37.8. The van der Waals surface area contributed by atoms with Gasteiger partial charge >= 0.3 is 0 Å². The zero-order valence-corrected chi connectivity index (χ0v) is 35.1. The molecule has 3 heterocycles. The highest BCUT2D eigenvalue weighted by molar-refractivity contribution is 6.24. The van der Waals surface area contributed by atoms with Crippen molar-refractivity contribution < 1.29 is 0 Å². The summed E-state index contributed by atoms with van der Waals surface area (Å²) in [5.74, 6) is 0. The minimum atomic E-state index is 0.898. The second-order valence-corrected chi connectivity index (χ2v) is 16.0. The van der Waals surface area contributed by atoms with Gasteiger partial charge in [0.1, 0.15) is 0 Å². The highest BCUT2D eigenvalue weighted by atomic mass is 15.2. The third-order valence-electron chi connectivity index (χ3n) is 12.1. The van der Waals surface area contributed by atoms with E-state index in [1.807, 2.05) is 31.3 Å². The van der Waals surface area contributed by atoms with Gasteiger partial charge < -0.3 is 18.9 Å². The van der Waals surface area contributed by atoms with E-state index in [1.165, 1.54) is 10.8 Å². The number of hydrogen-bond acceptors (Lipinski definition) is 3. The SMILES string of the molecule is C=C(/C=C\C=C/C)N(C1=CCCC=C1)c1ccc2c(c1)c1ccc3c4cc(N(c5ccccc5)c5ccccc5)ccc4n(-c4ccccc4)c3c1n2-c1cnc2ccccc2c1. The second-order valence-electron chi connectivity index (χ2n) is 16.0. The van der Waals surface area contributed by atoms with E-state index in [2.05, 4.69) is 220 Å². The van der Waals surface area contributed by atoms with Gasteiger partial charge in [0.15, 0.2) is 0 Å². The average molecular weight is 812 g/mol. The maximum Gasteiger partial charge on any atom is 0.0789 e. The highest BCUT2D eigenvalue weighted by Gasteiger charge is 2.24. The lowest BCUT2D eigenvalue weighted by atomic mass is 10.1. The predicted molar refractivity (Wildman–Crippen MR) is 267 cm³/mol. The van der Waals surface area contributed by atoms with Gasteiger partial charge in [0.25, 0.3) is 0 Å². The van der Waals surface area contributed by atoms with E-state index in [9.17, 15) is 0 Å². The fourth-order valence-corrected chi connectivity index (χ4v) is 9.35. The molecule has 0 amide bonds. The van der Waals surface area contributed by atoms with Gasteiger partial charge in [-0.25, -0.2) is 0 Å². The number of para-hydroxylation sites is 4. The Morgan fingerprint density at radius 3 is 1.83 bits per heavy atom. The molecular weight excluding hydrogens is 767 g/mol. The zero-order chi connectivity index (χ0) is 42.3. The van der Waals surface area contributed by atoms with Crippen LogP contribution in [0.3, 0.4) is 0 Å². The van der Waals surface area contributed by atoms with Crippen LogP contribution in [0.4, 0.5) is 22.7 Å². The molecule has 7 aromatic carbocycles. The van der Waals surface area contributed by atoms with Crippen LogP contribution in [0.1, 0.15) is 19.8 Å². The van der Waals surface area contributed by atoms with Crippen LogP contribution < -0.4 is 9.80 Å². The maximum absolute atomic E-state index is 5.03. The van der Waals surface area contributed by atoms with Crippen LogP contribution in [0.5, 0.6) is 0 Å². The molecule has 0 saturated carbocycles. The van der Waals surface area contributed by atoms with Crippen LogP contribution in [-0.4, -0.2) is 14.1 Å². The second kappa shape index (κ2) is 16.0. The summed E-state index contributed by atoms with van der Waals surface area (Å²) in [6, 6.07) is 61.1. The molecule has 3 aromatic heterocycles. The molecule has 0 unspecified atom stereocenters. The Balaban J connectivity index is 1.23. The number of hydrogen-bond donors (Lipinski definition) is 0. The van der Waals surface area contributed by atoms with Crippen LogP contribution in [0.25, 0.3) is 65.9 Å². The summed E-state index contributed by atoms with van der Waals surface area (Å²) in [5, 5.41) is 5.74. The zero-order valence-electron chi connectivity index (χ0n) is 35.1. The fourth-order valence-electron chi connectivity index (χ4n) is 9.35. The number of fused-ring (bicyclic) bond motifs is 8. The van der Waals surface area contributed by atoms with Gasteiger partial charge in [-0.1, -0.05) is 122 Å².